The number of hydrogen-bond acceptors (Lipinski definition) is 4. The number of ether oxygens (including phenoxy) is 2. The molecule has 134 valence electrons. The molecule has 1 atom stereocenters. The number of ketones is 1. The van der Waals surface area contributed by atoms with Gasteiger partial charge in [0, 0.05) is 30.1 Å². The summed E-state index contributed by atoms with van der Waals surface area (Å²) in [6.45, 7) is 2.78. The van der Waals surface area contributed by atoms with Crippen molar-refractivity contribution in [2.24, 2.45) is 0 Å². The fourth-order valence-electron chi connectivity index (χ4n) is 3.52. The molecule has 2 aromatic rings. The minimum atomic E-state index is 0.126. The van der Waals surface area contributed by atoms with Gasteiger partial charge in [-0.2, -0.15) is 0 Å². The molecule has 1 fully saturated rings. The molecule has 2 aliphatic heterocycles. The monoisotopic (exact) mass is 369 g/mol. The van der Waals surface area contributed by atoms with Gasteiger partial charge in [-0.25, -0.2) is 0 Å². The summed E-state index contributed by atoms with van der Waals surface area (Å²) in [5.41, 5.74) is 1.99. The van der Waals surface area contributed by atoms with E-state index in [1.165, 1.54) is 18.1 Å². The van der Waals surface area contributed by atoms with Crippen molar-refractivity contribution in [1.82, 2.24) is 4.90 Å². The van der Waals surface area contributed by atoms with Gasteiger partial charge in [0.15, 0.2) is 17.3 Å². The zero-order valence-electron chi connectivity index (χ0n) is 14.4. The molecule has 4 nitrogen and oxygen atoms in total. The molecular formula is C21H20ClNO3. The Balaban J connectivity index is 1.32. The Labute approximate surface area is 158 Å². The second-order valence-electron chi connectivity index (χ2n) is 6.68. The average Bonchev–Trinajstić information content (AvgIpc) is 3.15. The lowest BCUT2D eigenvalue weighted by Crippen LogP contribution is -2.23. The molecule has 2 aromatic carbocycles. The Morgan fingerprint density at radius 2 is 1.85 bits per heavy atom. The molecule has 26 heavy (non-hydrogen) atoms. The average molecular weight is 370 g/mol. The van der Waals surface area contributed by atoms with E-state index in [0.29, 0.717) is 29.4 Å². The van der Waals surface area contributed by atoms with Crippen LogP contribution in [0.3, 0.4) is 0 Å². The van der Waals surface area contributed by atoms with E-state index in [2.05, 4.69) is 17.0 Å². The first-order valence-electron chi connectivity index (χ1n) is 8.82. The number of halogens is 1. The predicted octanol–water partition coefficient (Wildman–Crippen LogP) is 4.64. The van der Waals surface area contributed by atoms with Crippen LogP contribution in [0.2, 0.25) is 5.02 Å². The van der Waals surface area contributed by atoms with Crippen molar-refractivity contribution in [2.45, 2.75) is 18.8 Å². The molecule has 0 amide bonds. The first-order chi connectivity index (χ1) is 12.7. The standard InChI is InChI=1S/C21H20ClNO3/c22-18-4-1-15(2-5-18)17-7-9-23(14-17)10-8-19(24)16-3-6-20-21(13-16)26-12-11-25-20/h1-6,11-13,17H,7-10,14H2. The molecule has 1 saturated heterocycles. The number of carbonyl (C=O) groups excluding carboxylic acids is 1. The van der Waals surface area contributed by atoms with Crippen molar-refractivity contribution in [3.63, 3.8) is 0 Å². The summed E-state index contributed by atoms with van der Waals surface area (Å²) in [5.74, 6) is 1.86. The topological polar surface area (TPSA) is 38.8 Å². The fraction of sp³-hybridized carbons (Fsp3) is 0.286. The largest absolute Gasteiger partial charge is 0.458 e. The van der Waals surface area contributed by atoms with Crippen LogP contribution in [0.15, 0.2) is 55.0 Å². The summed E-state index contributed by atoms with van der Waals surface area (Å²) in [6, 6.07) is 13.4. The van der Waals surface area contributed by atoms with Crippen LogP contribution in [0.1, 0.15) is 34.7 Å². The lowest BCUT2D eigenvalue weighted by Gasteiger charge is -2.16. The lowest BCUT2D eigenvalue weighted by atomic mass is 9.99. The smallest absolute Gasteiger partial charge is 0.169 e. The van der Waals surface area contributed by atoms with Crippen molar-refractivity contribution >= 4 is 17.4 Å². The third-order valence-corrected chi connectivity index (χ3v) is 5.23. The van der Waals surface area contributed by atoms with E-state index in [9.17, 15) is 4.79 Å². The number of fused-ring (bicyclic) bond motifs is 1. The van der Waals surface area contributed by atoms with Crippen LogP contribution >= 0.6 is 11.6 Å². The van der Waals surface area contributed by atoms with Crippen molar-refractivity contribution in [1.29, 1.82) is 0 Å². The summed E-state index contributed by atoms with van der Waals surface area (Å²) in [6.07, 6.45) is 4.57. The minimum Gasteiger partial charge on any atom is -0.458 e. The Morgan fingerprint density at radius 1 is 1.08 bits per heavy atom. The SMILES string of the molecule is O=C(CCN1CCC(c2ccc(Cl)cc2)C1)c1ccc2c(c1)OC=CO2. The molecule has 2 heterocycles. The Morgan fingerprint density at radius 3 is 2.65 bits per heavy atom. The highest BCUT2D eigenvalue weighted by Gasteiger charge is 2.24. The zero-order valence-corrected chi connectivity index (χ0v) is 15.1. The Hall–Kier alpha value is -2.30. The van der Waals surface area contributed by atoms with Gasteiger partial charge in [0.2, 0.25) is 0 Å². The number of likely N-dealkylation sites (tertiary alicyclic amines) is 1. The van der Waals surface area contributed by atoms with E-state index in [0.717, 1.165) is 31.1 Å². The van der Waals surface area contributed by atoms with Gasteiger partial charge in [-0.15, -0.1) is 0 Å². The van der Waals surface area contributed by atoms with Crippen LogP contribution in [-0.2, 0) is 0 Å². The molecule has 0 aliphatic carbocycles. The highest BCUT2D eigenvalue weighted by Crippen LogP contribution is 2.32. The van der Waals surface area contributed by atoms with Crippen molar-refractivity contribution < 1.29 is 14.3 Å². The van der Waals surface area contributed by atoms with Crippen molar-refractivity contribution in [3.8, 4) is 11.5 Å². The minimum absolute atomic E-state index is 0.126. The third-order valence-electron chi connectivity index (χ3n) is 4.98. The number of Topliss-reactive ketones (excluding diaryl/α,β-unsaturated/α-hetero) is 1. The quantitative estimate of drug-likeness (QED) is 0.719. The van der Waals surface area contributed by atoms with Crippen LogP contribution in [0.4, 0.5) is 0 Å². The van der Waals surface area contributed by atoms with Gasteiger partial charge in [-0.3, -0.25) is 4.79 Å². The van der Waals surface area contributed by atoms with E-state index in [1.807, 2.05) is 12.1 Å². The van der Waals surface area contributed by atoms with Gasteiger partial charge < -0.3 is 14.4 Å². The van der Waals surface area contributed by atoms with Gasteiger partial charge in [0.1, 0.15) is 12.5 Å². The highest BCUT2D eigenvalue weighted by molar-refractivity contribution is 6.30. The molecular weight excluding hydrogens is 350 g/mol. The summed E-state index contributed by atoms with van der Waals surface area (Å²) < 4.78 is 10.7. The maximum atomic E-state index is 12.5. The van der Waals surface area contributed by atoms with Crippen molar-refractivity contribution in [3.05, 3.63) is 71.1 Å². The number of benzene rings is 2. The maximum Gasteiger partial charge on any atom is 0.169 e. The molecule has 0 spiro atoms. The summed E-state index contributed by atoms with van der Waals surface area (Å²) in [7, 11) is 0. The molecule has 0 saturated carbocycles. The Kier molecular flexibility index (Phi) is 4.96. The summed E-state index contributed by atoms with van der Waals surface area (Å²) >= 11 is 5.97. The number of nitrogens with zero attached hydrogens (tertiary/aromatic N) is 1. The molecule has 1 unspecified atom stereocenters. The molecule has 4 rings (SSSR count). The van der Waals surface area contributed by atoms with Crippen LogP contribution in [0.5, 0.6) is 11.5 Å². The predicted molar refractivity (Wildman–Crippen MR) is 101 cm³/mol. The third kappa shape index (κ3) is 3.76. The number of hydrogen-bond donors (Lipinski definition) is 0. The van der Waals surface area contributed by atoms with Crippen LogP contribution < -0.4 is 9.47 Å². The number of rotatable bonds is 5. The van der Waals surface area contributed by atoms with E-state index < -0.39 is 0 Å². The van der Waals surface area contributed by atoms with Crippen LogP contribution in [0.25, 0.3) is 0 Å². The normalized spacial score (nSPS) is 18.9. The summed E-state index contributed by atoms with van der Waals surface area (Å²) in [5, 5.41) is 0.768. The second-order valence-corrected chi connectivity index (χ2v) is 7.12. The molecule has 5 heteroatoms. The van der Waals surface area contributed by atoms with Gasteiger partial charge in [-0.05, 0) is 54.8 Å². The van der Waals surface area contributed by atoms with E-state index in [4.69, 9.17) is 21.1 Å². The molecule has 0 bridgehead atoms. The molecule has 0 N–H and O–H groups in total. The molecule has 0 radical (unpaired) electrons. The molecule has 0 aromatic heterocycles. The van der Waals surface area contributed by atoms with E-state index in [-0.39, 0.29) is 5.78 Å². The first kappa shape index (κ1) is 17.1. The second kappa shape index (κ2) is 7.52. The maximum absolute atomic E-state index is 12.5. The van der Waals surface area contributed by atoms with Crippen molar-refractivity contribution in [2.75, 3.05) is 19.6 Å². The van der Waals surface area contributed by atoms with Gasteiger partial charge >= 0.3 is 0 Å². The van der Waals surface area contributed by atoms with E-state index >= 15 is 0 Å². The van der Waals surface area contributed by atoms with Crippen LogP contribution in [0, 0.1) is 0 Å². The Bertz CT molecular complexity index is 832. The number of carbonyl (C=O) groups is 1. The van der Waals surface area contributed by atoms with Gasteiger partial charge in [-0.1, -0.05) is 23.7 Å². The van der Waals surface area contributed by atoms with Gasteiger partial charge in [0.05, 0.1) is 0 Å². The van der Waals surface area contributed by atoms with Gasteiger partial charge in [0.25, 0.3) is 0 Å². The summed E-state index contributed by atoms with van der Waals surface area (Å²) in [4.78, 5) is 14.9. The van der Waals surface area contributed by atoms with E-state index in [1.54, 1.807) is 18.2 Å². The highest BCUT2D eigenvalue weighted by atomic mass is 35.5. The molecule has 2 aliphatic rings. The lowest BCUT2D eigenvalue weighted by molar-refractivity contribution is 0.0968. The fourth-order valence-corrected chi connectivity index (χ4v) is 3.65. The first-order valence-corrected chi connectivity index (χ1v) is 9.20. The zero-order chi connectivity index (χ0) is 17.9. The van der Waals surface area contributed by atoms with Crippen LogP contribution in [-0.4, -0.2) is 30.3 Å².